The Hall–Kier alpha value is -2.82. The van der Waals surface area contributed by atoms with Gasteiger partial charge in [0.1, 0.15) is 16.9 Å². The minimum Gasteiger partial charge on any atom is -0.449 e. The monoisotopic (exact) mass is 424 g/mol. The first-order chi connectivity index (χ1) is 14.1. The average molecular weight is 425 g/mol. The number of rotatable bonds is 5. The van der Waals surface area contributed by atoms with Gasteiger partial charge in [-0.2, -0.15) is 0 Å². The molecule has 1 heterocycles. The van der Waals surface area contributed by atoms with Crippen LogP contribution in [0.5, 0.6) is 0 Å². The molecule has 0 radical (unpaired) electrons. The van der Waals surface area contributed by atoms with E-state index in [1.54, 1.807) is 18.2 Å². The highest BCUT2D eigenvalue weighted by Crippen LogP contribution is 2.44. The molecule has 2 aromatic carbocycles. The van der Waals surface area contributed by atoms with Gasteiger partial charge in [-0.1, -0.05) is 83.9 Å². The Kier molecular flexibility index (Phi) is 5.84. The maximum atomic E-state index is 12.1. The van der Waals surface area contributed by atoms with Crippen LogP contribution >= 0.6 is 23.2 Å². The van der Waals surface area contributed by atoms with Crippen molar-refractivity contribution in [3.63, 3.8) is 0 Å². The zero-order valence-corrected chi connectivity index (χ0v) is 17.0. The Morgan fingerprint density at radius 1 is 1.00 bits per heavy atom. The summed E-state index contributed by atoms with van der Waals surface area (Å²) < 4.78 is 5.49. The van der Waals surface area contributed by atoms with Gasteiger partial charge in [0.05, 0.1) is 0 Å². The molecule has 1 aliphatic rings. The number of amides is 1. The van der Waals surface area contributed by atoms with Crippen molar-refractivity contribution in [3.05, 3.63) is 93.7 Å². The Morgan fingerprint density at radius 3 is 2.21 bits per heavy atom. The van der Waals surface area contributed by atoms with Gasteiger partial charge in [0.15, 0.2) is 0 Å². The number of hydrogen-bond acceptors (Lipinski definition) is 3. The SMILES string of the molecule is O=C(NCC=Cc1cc(Cl)nc(Cl)c1)OCC1c2ccccc2-c2ccccc21. The third kappa shape index (κ3) is 4.44. The van der Waals surface area contributed by atoms with E-state index >= 15 is 0 Å². The first-order valence-corrected chi connectivity index (χ1v) is 9.96. The van der Waals surface area contributed by atoms with Gasteiger partial charge in [0.2, 0.25) is 0 Å². The van der Waals surface area contributed by atoms with E-state index in [1.165, 1.54) is 22.3 Å². The number of fused-ring (bicyclic) bond motifs is 3. The summed E-state index contributed by atoms with van der Waals surface area (Å²) in [4.78, 5) is 16.0. The standard InChI is InChI=1S/C23H18Cl2N2O2/c24-21-12-15(13-22(25)27-21)6-5-11-26-23(28)29-14-20-18-9-3-1-7-16(18)17-8-2-4-10-19(17)20/h1-10,12-13,20H,11,14H2,(H,26,28). The van der Waals surface area contributed by atoms with E-state index in [0.717, 1.165) is 5.56 Å². The molecule has 6 heteroatoms. The predicted molar refractivity (Wildman–Crippen MR) is 116 cm³/mol. The van der Waals surface area contributed by atoms with Crippen molar-refractivity contribution in [2.75, 3.05) is 13.2 Å². The van der Waals surface area contributed by atoms with Gasteiger partial charge in [-0.15, -0.1) is 0 Å². The molecular formula is C23H18Cl2N2O2. The van der Waals surface area contributed by atoms with Crippen LogP contribution in [0.4, 0.5) is 4.79 Å². The fourth-order valence-corrected chi connectivity index (χ4v) is 4.04. The van der Waals surface area contributed by atoms with Crippen LogP contribution in [-0.2, 0) is 4.74 Å². The van der Waals surface area contributed by atoms with E-state index < -0.39 is 6.09 Å². The highest BCUT2D eigenvalue weighted by Gasteiger charge is 2.28. The lowest BCUT2D eigenvalue weighted by Crippen LogP contribution is -2.26. The number of nitrogens with one attached hydrogen (secondary N) is 1. The van der Waals surface area contributed by atoms with E-state index in [2.05, 4.69) is 34.6 Å². The van der Waals surface area contributed by atoms with Crippen molar-refractivity contribution >= 4 is 35.4 Å². The van der Waals surface area contributed by atoms with Crippen molar-refractivity contribution in [3.8, 4) is 11.1 Å². The topological polar surface area (TPSA) is 51.2 Å². The van der Waals surface area contributed by atoms with Gasteiger partial charge >= 0.3 is 6.09 Å². The van der Waals surface area contributed by atoms with Crippen LogP contribution in [-0.4, -0.2) is 24.2 Å². The summed E-state index contributed by atoms with van der Waals surface area (Å²) in [6.45, 7) is 0.618. The molecule has 0 bridgehead atoms. The molecule has 3 aromatic rings. The van der Waals surface area contributed by atoms with Crippen LogP contribution in [0.25, 0.3) is 17.2 Å². The Balaban J connectivity index is 1.34. The van der Waals surface area contributed by atoms with Crippen LogP contribution in [0.3, 0.4) is 0 Å². The van der Waals surface area contributed by atoms with Crippen LogP contribution in [0.2, 0.25) is 10.3 Å². The number of benzene rings is 2. The fourth-order valence-electron chi connectivity index (χ4n) is 3.57. The van der Waals surface area contributed by atoms with Gasteiger partial charge in [0, 0.05) is 12.5 Å². The number of halogens is 2. The molecule has 0 fully saturated rings. The van der Waals surface area contributed by atoms with Crippen molar-refractivity contribution in [1.29, 1.82) is 0 Å². The van der Waals surface area contributed by atoms with Gasteiger partial charge in [-0.05, 0) is 39.9 Å². The second kappa shape index (κ2) is 8.68. The summed E-state index contributed by atoms with van der Waals surface area (Å²) in [6, 6.07) is 19.9. The maximum absolute atomic E-state index is 12.1. The molecule has 0 spiro atoms. The zero-order chi connectivity index (χ0) is 20.2. The van der Waals surface area contributed by atoms with E-state index in [9.17, 15) is 4.79 Å². The molecule has 0 aliphatic heterocycles. The summed E-state index contributed by atoms with van der Waals surface area (Å²) in [5.74, 6) is 0.0461. The van der Waals surface area contributed by atoms with E-state index in [1.807, 2.05) is 30.3 Å². The number of carbonyl (C=O) groups is 1. The lowest BCUT2D eigenvalue weighted by atomic mass is 9.98. The molecule has 0 unspecified atom stereocenters. The third-order valence-electron chi connectivity index (χ3n) is 4.80. The third-order valence-corrected chi connectivity index (χ3v) is 5.19. The molecular weight excluding hydrogens is 407 g/mol. The van der Waals surface area contributed by atoms with Crippen LogP contribution in [0.1, 0.15) is 22.6 Å². The van der Waals surface area contributed by atoms with Gasteiger partial charge < -0.3 is 10.1 Å². The highest BCUT2D eigenvalue weighted by atomic mass is 35.5. The fraction of sp³-hybridized carbons (Fsp3) is 0.130. The first kappa shape index (κ1) is 19.5. The molecule has 1 aromatic heterocycles. The Morgan fingerprint density at radius 2 is 1.59 bits per heavy atom. The minimum atomic E-state index is -0.456. The molecule has 4 nitrogen and oxygen atoms in total. The largest absolute Gasteiger partial charge is 0.449 e. The lowest BCUT2D eigenvalue weighted by molar-refractivity contribution is 0.144. The molecule has 0 atom stereocenters. The van der Waals surface area contributed by atoms with Gasteiger partial charge in [-0.25, -0.2) is 9.78 Å². The highest BCUT2D eigenvalue weighted by molar-refractivity contribution is 6.32. The number of hydrogen-bond donors (Lipinski definition) is 1. The Labute approximate surface area is 179 Å². The predicted octanol–water partition coefficient (Wildman–Crippen LogP) is 5.94. The van der Waals surface area contributed by atoms with Crippen LogP contribution in [0, 0.1) is 0 Å². The number of carbonyl (C=O) groups excluding carboxylic acids is 1. The van der Waals surface area contributed by atoms with Crippen LogP contribution in [0.15, 0.2) is 66.7 Å². The van der Waals surface area contributed by atoms with E-state index in [-0.39, 0.29) is 5.92 Å². The minimum absolute atomic E-state index is 0.0461. The molecule has 0 saturated heterocycles. The number of aromatic nitrogens is 1. The molecule has 1 amide bonds. The number of pyridine rings is 1. The Bertz CT molecular complexity index is 1020. The normalized spacial score (nSPS) is 12.6. The van der Waals surface area contributed by atoms with Crippen molar-refractivity contribution in [2.24, 2.45) is 0 Å². The summed E-state index contributed by atoms with van der Waals surface area (Å²) >= 11 is 11.7. The second-order valence-corrected chi connectivity index (χ2v) is 7.43. The van der Waals surface area contributed by atoms with Crippen molar-refractivity contribution < 1.29 is 9.53 Å². The van der Waals surface area contributed by atoms with E-state index in [0.29, 0.717) is 23.5 Å². The molecule has 29 heavy (non-hydrogen) atoms. The zero-order valence-electron chi connectivity index (χ0n) is 15.4. The quantitative estimate of drug-likeness (QED) is 0.515. The first-order valence-electron chi connectivity index (χ1n) is 9.20. The maximum Gasteiger partial charge on any atom is 0.407 e. The van der Waals surface area contributed by atoms with Crippen LogP contribution < -0.4 is 5.32 Å². The molecule has 1 N–H and O–H groups in total. The summed E-state index contributed by atoms with van der Waals surface area (Å²) in [5.41, 5.74) is 5.59. The number of alkyl carbamates (subject to hydrolysis) is 1. The van der Waals surface area contributed by atoms with E-state index in [4.69, 9.17) is 27.9 Å². The van der Waals surface area contributed by atoms with Crippen molar-refractivity contribution in [2.45, 2.75) is 5.92 Å². The van der Waals surface area contributed by atoms with Crippen molar-refractivity contribution in [1.82, 2.24) is 10.3 Å². The molecule has 4 rings (SSSR count). The average Bonchev–Trinajstić information content (AvgIpc) is 3.03. The molecule has 146 valence electrons. The molecule has 0 saturated carbocycles. The second-order valence-electron chi connectivity index (χ2n) is 6.65. The molecule has 1 aliphatic carbocycles. The summed E-state index contributed by atoms with van der Waals surface area (Å²) in [6.07, 6.45) is 3.15. The van der Waals surface area contributed by atoms with Gasteiger partial charge in [0.25, 0.3) is 0 Å². The summed E-state index contributed by atoms with van der Waals surface area (Å²) in [5, 5.41) is 3.37. The smallest absolute Gasteiger partial charge is 0.407 e. The van der Waals surface area contributed by atoms with Gasteiger partial charge in [-0.3, -0.25) is 0 Å². The number of nitrogens with zero attached hydrogens (tertiary/aromatic N) is 1. The number of ether oxygens (including phenoxy) is 1. The summed E-state index contributed by atoms with van der Waals surface area (Å²) in [7, 11) is 0. The lowest BCUT2D eigenvalue weighted by Gasteiger charge is -2.14.